The molecule has 128 valence electrons. The second-order valence-corrected chi connectivity index (χ2v) is 7.19. The van der Waals surface area contributed by atoms with Crippen LogP contribution in [0.1, 0.15) is 19.8 Å². The van der Waals surface area contributed by atoms with Crippen molar-refractivity contribution < 1.29 is 9.53 Å². The maximum absolute atomic E-state index is 12.4. The zero-order chi connectivity index (χ0) is 17.1. The van der Waals surface area contributed by atoms with Crippen LogP contribution in [0.2, 0.25) is 0 Å². The minimum absolute atomic E-state index is 0.158. The quantitative estimate of drug-likeness (QED) is 0.779. The van der Waals surface area contributed by atoms with Gasteiger partial charge in [-0.1, -0.05) is 11.8 Å². The minimum Gasteiger partial charge on any atom is -0.497 e. The Hall–Kier alpha value is -2.02. The number of aromatic nitrogens is 3. The highest BCUT2D eigenvalue weighted by molar-refractivity contribution is 8.00. The first-order chi connectivity index (χ1) is 11.6. The van der Waals surface area contributed by atoms with E-state index in [2.05, 4.69) is 10.2 Å². The lowest BCUT2D eigenvalue weighted by Crippen LogP contribution is -2.34. The van der Waals surface area contributed by atoms with Crippen LogP contribution in [0.4, 0.5) is 0 Å². The summed E-state index contributed by atoms with van der Waals surface area (Å²) in [5, 5.41) is 9.13. The molecule has 6 nitrogen and oxygen atoms in total. The molecule has 1 atom stereocenters. The first kappa shape index (κ1) is 16.8. The van der Waals surface area contributed by atoms with E-state index in [1.54, 1.807) is 7.11 Å². The molecular formula is C17H22N4O2S. The van der Waals surface area contributed by atoms with Crippen molar-refractivity contribution >= 4 is 17.7 Å². The van der Waals surface area contributed by atoms with Crippen molar-refractivity contribution in [1.82, 2.24) is 19.7 Å². The number of carbonyl (C=O) groups is 1. The average Bonchev–Trinajstić information content (AvgIpc) is 3.25. The van der Waals surface area contributed by atoms with Gasteiger partial charge >= 0.3 is 0 Å². The third kappa shape index (κ3) is 3.40. The molecule has 1 aromatic heterocycles. The molecule has 1 fully saturated rings. The fourth-order valence-corrected chi connectivity index (χ4v) is 3.71. The van der Waals surface area contributed by atoms with E-state index in [1.807, 2.05) is 47.7 Å². The monoisotopic (exact) mass is 346 g/mol. The van der Waals surface area contributed by atoms with Crippen LogP contribution in [0, 0.1) is 0 Å². The average molecular weight is 346 g/mol. The molecule has 1 saturated heterocycles. The first-order valence-electron chi connectivity index (χ1n) is 8.09. The van der Waals surface area contributed by atoms with E-state index >= 15 is 0 Å². The van der Waals surface area contributed by atoms with E-state index in [0.717, 1.165) is 48.2 Å². The summed E-state index contributed by atoms with van der Waals surface area (Å²) in [6.07, 6.45) is 2.21. The number of carbonyl (C=O) groups excluding carboxylic acids is 1. The molecule has 0 aliphatic carbocycles. The van der Waals surface area contributed by atoms with Crippen molar-refractivity contribution in [2.24, 2.45) is 7.05 Å². The zero-order valence-electron chi connectivity index (χ0n) is 14.2. The second-order valence-electron chi connectivity index (χ2n) is 5.89. The molecule has 1 aliphatic rings. The Morgan fingerprint density at radius 2 is 1.88 bits per heavy atom. The Bertz CT molecular complexity index is 708. The van der Waals surface area contributed by atoms with Crippen molar-refractivity contribution in [2.75, 3.05) is 20.2 Å². The van der Waals surface area contributed by atoms with Crippen LogP contribution in [0.3, 0.4) is 0 Å². The predicted octanol–water partition coefficient (Wildman–Crippen LogP) is 2.59. The normalized spacial score (nSPS) is 15.5. The molecule has 1 aromatic carbocycles. The van der Waals surface area contributed by atoms with Crippen LogP contribution in [0.25, 0.3) is 11.4 Å². The molecule has 0 radical (unpaired) electrons. The van der Waals surface area contributed by atoms with Gasteiger partial charge in [0.25, 0.3) is 0 Å². The third-order valence-corrected chi connectivity index (χ3v) is 5.35. The Morgan fingerprint density at radius 3 is 2.50 bits per heavy atom. The van der Waals surface area contributed by atoms with E-state index in [4.69, 9.17) is 4.74 Å². The van der Waals surface area contributed by atoms with Gasteiger partial charge in [-0.2, -0.15) is 0 Å². The Balaban J connectivity index is 1.73. The summed E-state index contributed by atoms with van der Waals surface area (Å²) < 4.78 is 7.11. The molecule has 1 amide bonds. The number of hydrogen-bond donors (Lipinski definition) is 0. The van der Waals surface area contributed by atoms with E-state index in [9.17, 15) is 4.79 Å². The van der Waals surface area contributed by atoms with E-state index < -0.39 is 0 Å². The van der Waals surface area contributed by atoms with Crippen molar-refractivity contribution in [2.45, 2.75) is 30.2 Å². The summed E-state index contributed by atoms with van der Waals surface area (Å²) in [4.78, 5) is 14.4. The highest BCUT2D eigenvalue weighted by atomic mass is 32.2. The fourth-order valence-electron chi connectivity index (χ4n) is 2.81. The standard InChI is InChI=1S/C17H22N4O2S/c1-12(16(22)21-10-4-5-11-21)24-17-19-18-15(20(17)2)13-6-8-14(23-3)9-7-13/h6-9,12H,4-5,10-11H2,1-3H3/t12-/m0/s1. The van der Waals surface area contributed by atoms with Crippen molar-refractivity contribution in [3.05, 3.63) is 24.3 Å². The van der Waals surface area contributed by atoms with Gasteiger partial charge in [-0.25, -0.2) is 0 Å². The number of hydrogen-bond acceptors (Lipinski definition) is 5. The van der Waals surface area contributed by atoms with Crippen LogP contribution in [0.5, 0.6) is 5.75 Å². The smallest absolute Gasteiger partial charge is 0.235 e. The van der Waals surface area contributed by atoms with Gasteiger partial charge in [0, 0.05) is 25.7 Å². The van der Waals surface area contributed by atoms with Gasteiger partial charge in [0.2, 0.25) is 5.91 Å². The van der Waals surface area contributed by atoms with Gasteiger partial charge < -0.3 is 14.2 Å². The van der Waals surface area contributed by atoms with Crippen LogP contribution < -0.4 is 4.74 Å². The van der Waals surface area contributed by atoms with E-state index in [0.29, 0.717) is 0 Å². The molecule has 2 aromatic rings. The van der Waals surface area contributed by atoms with Crippen LogP contribution in [0.15, 0.2) is 29.4 Å². The van der Waals surface area contributed by atoms with Crippen LogP contribution in [-0.4, -0.2) is 51.0 Å². The number of amides is 1. The number of likely N-dealkylation sites (tertiary alicyclic amines) is 1. The number of benzene rings is 1. The van der Waals surface area contributed by atoms with E-state index in [-0.39, 0.29) is 11.2 Å². The number of methoxy groups -OCH3 is 1. The highest BCUT2D eigenvalue weighted by Gasteiger charge is 2.25. The van der Waals surface area contributed by atoms with Crippen LogP contribution in [-0.2, 0) is 11.8 Å². The van der Waals surface area contributed by atoms with Crippen LogP contribution >= 0.6 is 11.8 Å². The lowest BCUT2D eigenvalue weighted by atomic mass is 10.2. The van der Waals surface area contributed by atoms with Gasteiger partial charge in [0.05, 0.1) is 12.4 Å². The molecule has 7 heteroatoms. The minimum atomic E-state index is -0.158. The second kappa shape index (κ2) is 7.25. The Kier molecular flexibility index (Phi) is 5.08. The van der Waals surface area contributed by atoms with Gasteiger partial charge in [0.15, 0.2) is 11.0 Å². The molecule has 0 bridgehead atoms. The summed E-state index contributed by atoms with van der Waals surface area (Å²) in [7, 11) is 3.57. The lowest BCUT2D eigenvalue weighted by molar-refractivity contribution is -0.129. The molecule has 0 spiro atoms. The third-order valence-electron chi connectivity index (χ3n) is 4.23. The number of rotatable bonds is 5. The molecular weight excluding hydrogens is 324 g/mol. The zero-order valence-corrected chi connectivity index (χ0v) is 15.0. The van der Waals surface area contributed by atoms with E-state index in [1.165, 1.54) is 11.8 Å². The van der Waals surface area contributed by atoms with Crippen molar-refractivity contribution in [3.63, 3.8) is 0 Å². The summed E-state index contributed by atoms with van der Waals surface area (Å²) in [5.74, 6) is 1.77. The number of nitrogens with zero attached hydrogens (tertiary/aromatic N) is 4. The maximum Gasteiger partial charge on any atom is 0.235 e. The summed E-state index contributed by atoms with van der Waals surface area (Å²) in [6, 6.07) is 7.71. The molecule has 1 aliphatic heterocycles. The van der Waals surface area contributed by atoms with Gasteiger partial charge in [-0.3, -0.25) is 4.79 Å². The molecule has 0 N–H and O–H groups in total. The predicted molar refractivity (Wildman–Crippen MR) is 94.1 cm³/mol. The molecule has 3 rings (SSSR count). The Morgan fingerprint density at radius 1 is 1.21 bits per heavy atom. The summed E-state index contributed by atoms with van der Waals surface area (Å²) in [5.41, 5.74) is 0.969. The molecule has 24 heavy (non-hydrogen) atoms. The SMILES string of the molecule is COc1ccc(-c2nnc(S[C@@H](C)C(=O)N3CCCC3)n2C)cc1. The van der Waals surface area contributed by atoms with Gasteiger partial charge in [-0.05, 0) is 44.0 Å². The Labute approximate surface area is 146 Å². The van der Waals surface area contributed by atoms with Gasteiger partial charge in [0.1, 0.15) is 5.75 Å². The van der Waals surface area contributed by atoms with Gasteiger partial charge in [-0.15, -0.1) is 10.2 Å². The maximum atomic E-state index is 12.4. The summed E-state index contributed by atoms with van der Waals surface area (Å²) in [6.45, 7) is 3.69. The number of ether oxygens (including phenoxy) is 1. The van der Waals surface area contributed by atoms with Crippen molar-refractivity contribution in [1.29, 1.82) is 0 Å². The first-order valence-corrected chi connectivity index (χ1v) is 8.97. The highest BCUT2D eigenvalue weighted by Crippen LogP contribution is 2.28. The lowest BCUT2D eigenvalue weighted by Gasteiger charge is -2.19. The fraction of sp³-hybridized carbons (Fsp3) is 0.471. The number of thioether (sulfide) groups is 1. The molecule has 2 heterocycles. The molecule has 0 unspecified atom stereocenters. The largest absolute Gasteiger partial charge is 0.497 e. The topological polar surface area (TPSA) is 60.3 Å². The molecule has 0 saturated carbocycles. The van der Waals surface area contributed by atoms with Crippen molar-refractivity contribution in [3.8, 4) is 17.1 Å². The summed E-state index contributed by atoms with van der Waals surface area (Å²) >= 11 is 1.46.